The Hall–Kier alpha value is 0.190. The van der Waals surface area contributed by atoms with Crippen LogP contribution in [0.1, 0.15) is 59.3 Å². The molecule has 1 aliphatic heterocycles. The lowest BCUT2D eigenvalue weighted by Gasteiger charge is -2.26. The van der Waals surface area contributed by atoms with E-state index in [2.05, 4.69) is 20.8 Å². The van der Waals surface area contributed by atoms with Gasteiger partial charge in [-0.1, -0.05) is 40.0 Å². The van der Waals surface area contributed by atoms with Gasteiger partial charge in [0.2, 0.25) is 0 Å². The Morgan fingerprint density at radius 2 is 1.35 bits per heavy atom. The molecule has 0 bridgehead atoms. The fourth-order valence-corrected chi connectivity index (χ4v) is 3.97. The number of hydrogen-bond donors (Lipinski definition) is 0. The molecule has 1 heterocycles. The normalized spacial score (nSPS) is 27.7. The molecule has 0 radical (unpaired) electrons. The zero-order valence-electron chi connectivity index (χ0n) is 15.4. The van der Waals surface area contributed by atoms with Crippen LogP contribution >= 0.6 is 11.8 Å². The van der Waals surface area contributed by atoms with Crippen molar-refractivity contribution < 1.29 is 18.9 Å². The second-order valence-electron chi connectivity index (χ2n) is 6.09. The van der Waals surface area contributed by atoms with Crippen LogP contribution in [0.5, 0.6) is 0 Å². The lowest BCUT2D eigenvalue weighted by molar-refractivity contribution is -0.103. The van der Waals surface area contributed by atoms with Crippen molar-refractivity contribution >= 4 is 11.8 Å². The number of unbranched alkanes of at least 4 members (excludes halogenated alkanes) is 3. The lowest BCUT2D eigenvalue weighted by atomic mass is 10.1. The van der Waals surface area contributed by atoms with Crippen LogP contribution in [0.3, 0.4) is 0 Å². The van der Waals surface area contributed by atoms with E-state index in [0.717, 1.165) is 65.0 Å². The third-order valence-electron chi connectivity index (χ3n) is 4.04. The maximum absolute atomic E-state index is 6.18. The number of rotatable bonds is 14. The van der Waals surface area contributed by atoms with E-state index in [1.54, 1.807) is 18.9 Å². The highest BCUT2D eigenvalue weighted by molar-refractivity contribution is 8.00. The van der Waals surface area contributed by atoms with Crippen LogP contribution in [-0.4, -0.2) is 56.4 Å². The van der Waals surface area contributed by atoms with Crippen LogP contribution in [0.25, 0.3) is 0 Å². The van der Waals surface area contributed by atoms with Gasteiger partial charge in [-0.05, 0) is 19.3 Å². The summed E-state index contributed by atoms with van der Waals surface area (Å²) in [5.74, 6) is 0. The van der Waals surface area contributed by atoms with Crippen LogP contribution in [0.2, 0.25) is 0 Å². The van der Waals surface area contributed by atoms with Crippen LogP contribution in [0.15, 0.2) is 0 Å². The van der Waals surface area contributed by atoms with Gasteiger partial charge in [-0.15, -0.1) is 11.8 Å². The maximum atomic E-state index is 6.18. The minimum atomic E-state index is 0.00758. The molecule has 1 fully saturated rings. The summed E-state index contributed by atoms with van der Waals surface area (Å²) in [5, 5.41) is 0.292. The predicted octanol–water partition coefficient (Wildman–Crippen LogP) is 4.26. The molecule has 5 heteroatoms. The van der Waals surface area contributed by atoms with Gasteiger partial charge >= 0.3 is 0 Å². The summed E-state index contributed by atoms with van der Waals surface area (Å²) in [4.78, 5) is 0. The van der Waals surface area contributed by atoms with Crippen molar-refractivity contribution in [2.45, 2.75) is 82.2 Å². The fraction of sp³-hybridized carbons (Fsp3) is 1.00. The summed E-state index contributed by atoms with van der Waals surface area (Å²) in [6.45, 7) is 9.66. The Balaban J connectivity index is 2.57. The SMILES string of the molecule is CCCCOC[C@H]1S[C@H](OC)[C@H](OCCCC)[C@@H]1OCCCC. The second kappa shape index (κ2) is 13.5. The molecule has 0 unspecified atom stereocenters. The van der Waals surface area contributed by atoms with Crippen molar-refractivity contribution in [1.29, 1.82) is 0 Å². The number of thioether (sulfide) groups is 1. The van der Waals surface area contributed by atoms with E-state index < -0.39 is 0 Å². The molecule has 0 N–H and O–H groups in total. The molecular formula is C18H36O4S. The minimum Gasteiger partial charge on any atom is -0.380 e. The molecule has 1 aliphatic rings. The molecule has 0 saturated carbocycles. The molecular weight excluding hydrogens is 312 g/mol. The van der Waals surface area contributed by atoms with Crippen LogP contribution in [0.4, 0.5) is 0 Å². The quantitative estimate of drug-likeness (QED) is 0.438. The topological polar surface area (TPSA) is 36.9 Å². The highest BCUT2D eigenvalue weighted by Crippen LogP contribution is 2.38. The van der Waals surface area contributed by atoms with Gasteiger partial charge in [0.1, 0.15) is 17.6 Å². The average molecular weight is 349 g/mol. The van der Waals surface area contributed by atoms with Gasteiger partial charge in [0.05, 0.1) is 11.9 Å². The zero-order chi connectivity index (χ0) is 16.9. The third-order valence-corrected chi connectivity index (χ3v) is 5.52. The van der Waals surface area contributed by atoms with Gasteiger partial charge in [0, 0.05) is 26.9 Å². The predicted molar refractivity (Wildman–Crippen MR) is 97.2 cm³/mol. The van der Waals surface area contributed by atoms with Gasteiger partial charge < -0.3 is 18.9 Å². The van der Waals surface area contributed by atoms with E-state index in [4.69, 9.17) is 18.9 Å². The molecule has 0 spiro atoms. The number of hydrogen-bond acceptors (Lipinski definition) is 5. The molecule has 0 aromatic heterocycles. The zero-order valence-corrected chi connectivity index (χ0v) is 16.2. The van der Waals surface area contributed by atoms with E-state index in [0.29, 0.717) is 5.25 Å². The monoisotopic (exact) mass is 348 g/mol. The highest BCUT2D eigenvalue weighted by Gasteiger charge is 2.46. The molecule has 0 aromatic carbocycles. The van der Waals surface area contributed by atoms with E-state index in [1.807, 2.05) is 0 Å². The molecule has 4 atom stereocenters. The van der Waals surface area contributed by atoms with Crippen molar-refractivity contribution in [3.63, 3.8) is 0 Å². The van der Waals surface area contributed by atoms with E-state index in [1.165, 1.54) is 0 Å². The Morgan fingerprint density at radius 3 is 1.91 bits per heavy atom. The summed E-state index contributed by atoms with van der Waals surface area (Å²) >= 11 is 1.80. The largest absolute Gasteiger partial charge is 0.380 e. The van der Waals surface area contributed by atoms with Crippen molar-refractivity contribution in [2.24, 2.45) is 0 Å². The van der Waals surface area contributed by atoms with Crippen molar-refractivity contribution in [1.82, 2.24) is 0 Å². The van der Waals surface area contributed by atoms with Crippen molar-refractivity contribution in [3.8, 4) is 0 Å². The van der Waals surface area contributed by atoms with Gasteiger partial charge in [-0.2, -0.15) is 0 Å². The first-order valence-electron chi connectivity index (χ1n) is 9.27. The van der Waals surface area contributed by atoms with E-state index in [-0.39, 0.29) is 17.6 Å². The molecule has 138 valence electrons. The first-order chi connectivity index (χ1) is 11.3. The van der Waals surface area contributed by atoms with Gasteiger partial charge in [0.25, 0.3) is 0 Å². The van der Waals surface area contributed by atoms with Gasteiger partial charge in [-0.25, -0.2) is 0 Å². The van der Waals surface area contributed by atoms with E-state index >= 15 is 0 Å². The Bertz CT molecular complexity index is 278. The first kappa shape index (κ1) is 21.2. The summed E-state index contributed by atoms with van der Waals surface area (Å²) in [5.41, 5.74) is 0.0401. The Kier molecular flexibility index (Phi) is 12.4. The summed E-state index contributed by atoms with van der Waals surface area (Å²) < 4.78 is 23.8. The minimum absolute atomic E-state index is 0.00758. The highest BCUT2D eigenvalue weighted by atomic mass is 32.2. The summed E-state index contributed by atoms with van der Waals surface area (Å²) in [7, 11) is 1.76. The fourth-order valence-electron chi connectivity index (χ4n) is 2.57. The molecule has 23 heavy (non-hydrogen) atoms. The first-order valence-corrected chi connectivity index (χ1v) is 10.2. The number of ether oxygens (including phenoxy) is 4. The van der Waals surface area contributed by atoms with Crippen LogP contribution in [0, 0.1) is 0 Å². The number of methoxy groups -OCH3 is 1. The van der Waals surface area contributed by atoms with E-state index in [9.17, 15) is 0 Å². The maximum Gasteiger partial charge on any atom is 0.132 e. The lowest BCUT2D eigenvalue weighted by Crippen LogP contribution is -2.40. The molecule has 1 rings (SSSR count). The molecule has 0 aliphatic carbocycles. The standard InChI is InChI=1S/C18H36O4S/c1-5-8-11-20-14-15-16(21-12-9-6-2)17(18(19-4)23-15)22-13-10-7-3/h15-18H,5-14H2,1-4H3/t15-,16-,17-,18+/m1/s1. The van der Waals surface area contributed by atoms with Gasteiger partial charge in [0.15, 0.2) is 0 Å². The summed E-state index contributed by atoms with van der Waals surface area (Å²) in [6, 6.07) is 0. The van der Waals surface area contributed by atoms with Crippen molar-refractivity contribution in [2.75, 3.05) is 33.5 Å². The molecule has 1 saturated heterocycles. The molecule has 0 amide bonds. The molecule has 4 nitrogen and oxygen atoms in total. The smallest absolute Gasteiger partial charge is 0.132 e. The second-order valence-corrected chi connectivity index (χ2v) is 7.43. The average Bonchev–Trinajstić information content (AvgIpc) is 2.89. The van der Waals surface area contributed by atoms with Gasteiger partial charge in [-0.3, -0.25) is 0 Å². The third kappa shape index (κ3) is 7.74. The molecule has 0 aromatic rings. The summed E-state index contributed by atoms with van der Waals surface area (Å²) in [6.07, 6.45) is 6.80. The Labute approximate surface area is 147 Å². The van der Waals surface area contributed by atoms with Crippen LogP contribution < -0.4 is 0 Å². The van der Waals surface area contributed by atoms with Crippen LogP contribution in [-0.2, 0) is 18.9 Å². The Morgan fingerprint density at radius 1 is 0.783 bits per heavy atom. The van der Waals surface area contributed by atoms with Crippen molar-refractivity contribution in [3.05, 3.63) is 0 Å².